The highest BCUT2D eigenvalue weighted by molar-refractivity contribution is 7.95. The Kier molecular flexibility index (Phi) is 17.4. The minimum absolute atomic E-state index is 0.0123. The molecule has 0 atom stereocenters. The SMILES string of the molecule is C=CS(=O)(=O)c1ccc(/N=N/c2c(S(=O)(=O)O)cc3cc(S(=O)(=O)O)c(/N=N/c4ccc(S(=O)(=O)Nc5ccc(/N=N/c6cc(S(=O)(=O)O)c(N)c(/N=N/c7cc(S(=O)(=O)C=C)c(S(=O)(=O)O)cc7S(=O)(=O)O)c6N)cc5)cc4)c(O)c3c2N)cc1. The maximum atomic E-state index is 13.4. The van der Waals surface area contributed by atoms with Crippen molar-refractivity contribution >= 4 is 159 Å². The van der Waals surface area contributed by atoms with Crippen molar-refractivity contribution in [1.29, 1.82) is 0 Å². The second-order valence-corrected chi connectivity index (χ2v) is 29.3. The third kappa shape index (κ3) is 13.9. The van der Waals surface area contributed by atoms with Crippen molar-refractivity contribution in [1.82, 2.24) is 0 Å². The lowest BCUT2D eigenvalue weighted by Gasteiger charge is -2.14. The van der Waals surface area contributed by atoms with Gasteiger partial charge in [0, 0.05) is 16.5 Å². The van der Waals surface area contributed by atoms with E-state index in [9.17, 15) is 95.2 Å². The molecular weight excluding hydrogens is 1310 g/mol. The number of phenols is 1. The van der Waals surface area contributed by atoms with Gasteiger partial charge in [-0.05, 0) is 109 Å². The van der Waals surface area contributed by atoms with Gasteiger partial charge in [0.15, 0.2) is 15.6 Å². The molecule has 0 heterocycles. The molecule has 0 aliphatic heterocycles. The number of aromatic hydroxyl groups is 1. The second kappa shape index (κ2) is 23.2. The van der Waals surface area contributed by atoms with E-state index < -0.39 is 177 Å². The topological polar surface area (TPSA) is 583 Å². The van der Waals surface area contributed by atoms with Gasteiger partial charge in [-0.15, -0.1) is 25.6 Å². The fourth-order valence-corrected chi connectivity index (χ4v) is 13.7. The van der Waals surface area contributed by atoms with Crippen molar-refractivity contribution in [2.75, 3.05) is 21.9 Å². The minimum atomic E-state index is -5.54. The molecule has 13 N–H and O–H groups in total. The van der Waals surface area contributed by atoms with Crippen molar-refractivity contribution in [3.8, 4) is 5.75 Å². The largest absolute Gasteiger partial charge is 0.505 e. The Morgan fingerprint density at radius 3 is 1.27 bits per heavy atom. The molecular formula is C44H36N12O22S8. The number of anilines is 4. The number of azo groups is 4. The lowest BCUT2D eigenvalue weighted by atomic mass is 10.1. The zero-order valence-corrected chi connectivity index (χ0v) is 48.7. The molecule has 0 radical (unpaired) electrons. The van der Waals surface area contributed by atoms with Crippen LogP contribution in [0.5, 0.6) is 5.75 Å². The highest BCUT2D eigenvalue weighted by atomic mass is 32.2. The van der Waals surface area contributed by atoms with Gasteiger partial charge >= 0.3 is 0 Å². The average molecular weight is 1340 g/mol. The summed E-state index contributed by atoms with van der Waals surface area (Å²) in [7, 11) is -40.2. The predicted molar refractivity (Wildman–Crippen MR) is 302 cm³/mol. The van der Waals surface area contributed by atoms with Gasteiger partial charge in [-0.1, -0.05) is 13.2 Å². The summed E-state index contributed by atoms with van der Waals surface area (Å²) in [5.41, 5.74) is 10.9. The number of benzene rings is 7. The molecule has 0 saturated carbocycles. The van der Waals surface area contributed by atoms with Crippen LogP contribution in [-0.2, 0) is 80.3 Å². The van der Waals surface area contributed by atoms with Crippen molar-refractivity contribution in [3.63, 3.8) is 0 Å². The van der Waals surface area contributed by atoms with Gasteiger partial charge in [-0.25, -0.2) is 25.3 Å². The Balaban J connectivity index is 1.15. The highest BCUT2D eigenvalue weighted by Crippen LogP contribution is 2.49. The molecule has 0 spiro atoms. The van der Waals surface area contributed by atoms with Crippen LogP contribution in [0.2, 0.25) is 0 Å². The number of hydrogen-bond donors (Lipinski definition) is 10. The van der Waals surface area contributed by atoms with Crippen LogP contribution >= 0.6 is 0 Å². The molecule has 0 bridgehead atoms. The van der Waals surface area contributed by atoms with E-state index >= 15 is 0 Å². The van der Waals surface area contributed by atoms with Crippen LogP contribution in [0.15, 0.2) is 207 Å². The first kappa shape index (κ1) is 64.6. The number of nitrogens with one attached hydrogen (secondary N) is 1. The Morgan fingerprint density at radius 2 is 0.791 bits per heavy atom. The molecule has 34 nitrogen and oxygen atoms in total. The molecule has 0 fully saturated rings. The molecule has 0 aromatic heterocycles. The number of fused-ring (bicyclic) bond motifs is 1. The number of sulfone groups is 2. The Labute approximate surface area is 486 Å². The summed E-state index contributed by atoms with van der Waals surface area (Å²) in [6.45, 7) is 6.23. The summed E-state index contributed by atoms with van der Waals surface area (Å²) in [6, 6.07) is 15.5. The van der Waals surface area contributed by atoms with Crippen molar-refractivity contribution < 1.29 is 95.2 Å². The summed E-state index contributed by atoms with van der Waals surface area (Å²) in [6.07, 6.45) is 0. The second-order valence-electron chi connectivity index (χ2n) is 16.9. The predicted octanol–water partition coefficient (Wildman–Crippen LogP) is 7.82. The molecule has 7 rings (SSSR count). The van der Waals surface area contributed by atoms with Crippen LogP contribution in [0, 0.1) is 0 Å². The normalized spacial score (nSPS) is 13.3. The van der Waals surface area contributed by atoms with Crippen LogP contribution in [0.1, 0.15) is 0 Å². The van der Waals surface area contributed by atoms with Crippen molar-refractivity contribution in [3.05, 3.63) is 127 Å². The van der Waals surface area contributed by atoms with E-state index in [0.29, 0.717) is 23.6 Å². The number of nitrogens with zero attached hydrogens (tertiary/aromatic N) is 8. The maximum Gasteiger partial charge on any atom is 0.296 e. The average Bonchev–Trinajstić information content (AvgIpc) is 1.09. The fraction of sp³-hybridized carbons (Fsp3) is 0. The van der Waals surface area contributed by atoms with Gasteiger partial charge in [-0.2, -0.15) is 57.4 Å². The molecule has 7 aromatic rings. The van der Waals surface area contributed by atoms with E-state index in [2.05, 4.69) is 58.8 Å². The van der Waals surface area contributed by atoms with E-state index in [1.54, 1.807) is 0 Å². The Morgan fingerprint density at radius 1 is 0.384 bits per heavy atom. The fourth-order valence-electron chi connectivity index (χ4n) is 7.23. The van der Waals surface area contributed by atoms with Gasteiger partial charge in [0.05, 0.1) is 54.2 Å². The first-order valence-electron chi connectivity index (χ1n) is 22.2. The Bertz CT molecular complexity index is 5150. The highest BCUT2D eigenvalue weighted by Gasteiger charge is 2.32. The smallest absolute Gasteiger partial charge is 0.296 e. The minimum Gasteiger partial charge on any atom is -0.505 e. The van der Waals surface area contributed by atoms with E-state index in [1.807, 2.05) is 0 Å². The Hall–Kier alpha value is -8.92. The number of nitrogen functional groups attached to an aromatic ring is 3. The van der Waals surface area contributed by atoms with E-state index in [0.717, 1.165) is 48.5 Å². The van der Waals surface area contributed by atoms with Crippen LogP contribution < -0.4 is 21.9 Å². The van der Waals surface area contributed by atoms with Crippen molar-refractivity contribution in [2.45, 2.75) is 39.2 Å². The molecule has 0 saturated heterocycles. The van der Waals surface area contributed by atoms with Gasteiger partial charge in [0.25, 0.3) is 60.6 Å². The summed E-state index contributed by atoms with van der Waals surface area (Å²) in [5, 5.41) is 41.2. The lowest BCUT2D eigenvalue weighted by molar-refractivity contribution is 0.472. The number of hydrogen-bond acceptors (Lipinski definition) is 28. The molecule has 7 aromatic carbocycles. The van der Waals surface area contributed by atoms with Gasteiger partial charge < -0.3 is 22.3 Å². The summed E-state index contributed by atoms with van der Waals surface area (Å²) < 4.78 is 252. The molecule has 452 valence electrons. The zero-order valence-electron chi connectivity index (χ0n) is 42.2. The standard InChI is InChI=1S/C44H36N12O22S8/c1-3-79(58,59)27-13-9-24(10-14-27)49-53-41-35(85(73,74)75)17-22-18-36(86(76,77)78)42(44(57)37(22)40(41)47)54-50-25-11-15-28(16-12-25)81(62,63)56-26-7-5-23(6-8-26)48-52-30-20-34(84(70,71)72)39(46)43(38(30)45)55-51-29-19-32(80(60,61)4-2)33(83(67,68)69)21-31(29)82(64,65)66/h3-21,56-57H,1-2,45-47H2,(H,64,65,66)(H,67,68,69)(H,70,71,72)(H,73,74,75)(H,76,77,78)/b52-48+,53-49+,54-50+,55-51+. The van der Waals surface area contributed by atoms with Crippen molar-refractivity contribution in [2.24, 2.45) is 40.9 Å². The molecule has 0 amide bonds. The monoisotopic (exact) mass is 1340 g/mol. The summed E-state index contributed by atoms with van der Waals surface area (Å²) in [5.74, 6) is -1.13. The number of rotatable bonds is 20. The van der Waals surface area contributed by atoms with E-state index in [1.165, 1.54) is 24.3 Å². The van der Waals surface area contributed by atoms with E-state index in [-0.39, 0.29) is 45.2 Å². The number of nitrogens with two attached hydrogens (primary N) is 3. The van der Waals surface area contributed by atoms with Crippen LogP contribution in [0.3, 0.4) is 0 Å². The van der Waals surface area contributed by atoms with Crippen LogP contribution in [0.4, 0.5) is 68.2 Å². The van der Waals surface area contributed by atoms with Gasteiger partial charge in [0.1, 0.15) is 52.9 Å². The molecule has 0 unspecified atom stereocenters. The first-order valence-corrected chi connectivity index (χ1v) is 34.0. The zero-order chi connectivity index (χ0) is 64.1. The molecule has 0 aliphatic rings. The molecule has 86 heavy (non-hydrogen) atoms. The van der Waals surface area contributed by atoms with Gasteiger partial charge in [-0.3, -0.25) is 27.5 Å². The van der Waals surface area contributed by atoms with E-state index in [4.69, 9.17) is 17.2 Å². The molecule has 0 aliphatic carbocycles. The quantitative estimate of drug-likeness (QED) is 0.0197. The maximum absolute atomic E-state index is 13.4. The third-order valence-corrected chi connectivity index (χ3v) is 20.0. The summed E-state index contributed by atoms with van der Waals surface area (Å²) in [4.78, 5) is -8.27. The lowest BCUT2D eigenvalue weighted by Crippen LogP contribution is -2.12. The van der Waals surface area contributed by atoms with Gasteiger partial charge in [0.2, 0.25) is 9.84 Å². The van der Waals surface area contributed by atoms with Crippen LogP contribution in [-0.4, -0.2) is 95.2 Å². The van der Waals surface area contributed by atoms with Crippen LogP contribution in [0.25, 0.3) is 10.8 Å². The third-order valence-electron chi connectivity index (χ3n) is 11.3. The number of sulfonamides is 1. The first-order chi connectivity index (χ1) is 39.6. The summed E-state index contributed by atoms with van der Waals surface area (Å²) >= 11 is 0. The number of phenolic OH excluding ortho intramolecular Hbond substituents is 1. The molecule has 42 heteroatoms.